The molecule has 77 heavy (non-hydrogen) atoms. The summed E-state index contributed by atoms with van der Waals surface area (Å²) in [4.78, 5) is 38.3. The van der Waals surface area contributed by atoms with E-state index in [-0.39, 0.29) is 31.1 Å². The van der Waals surface area contributed by atoms with Gasteiger partial charge in [-0.1, -0.05) is 294 Å². The van der Waals surface area contributed by atoms with Crippen molar-refractivity contribution in [1.82, 2.24) is 0 Å². The molecule has 0 aliphatic heterocycles. The molecule has 0 amide bonds. The summed E-state index contributed by atoms with van der Waals surface area (Å²) in [5.74, 6) is -0.866. The molecule has 0 spiro atoms. The number of carbonyl (C=O) groups is 3. The van der Waals surface area contributed by atoms with Crippen LogP contribution in [0.25, 0.3) is 0 Å². The molecule has 0 aromatic heterocycles. The van der Waals surface area contributed by atoms with Crippen molar-refractivity contribution in [2.75, 3.05) is 13.2 Å². The van der Waals surface area contributed by atoms with Gasteiger partial charge in [-0.3, -0.25) is 14.4 Å². The highest BCUT2D eigenvalue weighted by molar-refractivity contribution is 5.71. The van der Waals surface area contributed by atoms with E-state index < -0.39 is 6.10 Å². The van der Waals surface area contributed by atoms with Crippen molar-refractivity contribution in [3.63, 3.8) is 0 Å². The van der Waals surface area contributed by atoms with Crippen LogP contribution in [0.2, 0.25) is 0 Å². The van der Waals surface area contributed by atoms with Crippen LogP contribution in [0.1, 0.15) is 367 Å². The molecule has 6 nitrogen and oxygen atoms in total. The molecule has 1 unspecified atom stereocenters. The highest BCUT2D eigenvalue weighted by Gasteiger charge is 2.19. The Kier molecular flexibility index (Phi) is 63.6. The van der Waals surface area contributed by atoms with Crippen molar-refractivity contribution in [3.05, 3.63) is 48.6 Å². The summed E-state index contributed by atoms with van der Waals surface area (Å²) in [7, 11) is 0. The highest BCUT2D eigenvalue weighted by atomic mass is 16.6. The summed E-state index contributed by atoms with van der Waals surface area (Å²) in [5.41, 5.74) is 0. The van der Waals surface area contributed by atoms with Crippen molar-refractivity contribution in [1.29, 1.82) is 0 Å². The fraction of sp³-hybridized carbons (Fsp3) is 0.845. The number of hydrogen-bond donors (Lipinski definition) is 0. The molecule has 1 atom stereocenters. The zero-order valence-corrected chi connectivity index (χ0v) is 51.7. The lowest BCUT2D eigenvalue weighted by Crippen LogP contribution is -2.30. The zero-order chi connectivity index (χ0) is 55.7. The second-order valence-corrected chi connectivity index (χ2v) is 23.1. The third-order valence-corrected chi connectivity index (χ3v) is 15.3. The van der Waals surface area contributed by atoms with Gasteiger partial charge in [-0.25, -0.2) is 0 Å². The summed E-state index contributed by atoms with van der Waals surface area (Å²) >= 11 is 0. The van der Waals surface area contributed by atoms with E-state index in [9.17, 15) is 14.4 Å². The topological polar surface area (TPSA) is 78.9 Å². The number of allylic oxidation sites excluding steroid dienone is 8. The van der Waals surface area contributed by atoms with Crippen LogP contribution in [0.3, 0.4) is 0 Å². The molecule has 0 aliphatic rings. The van der Waals surface area contributed by atoms with Crippen molar-refractivity contribution in [2.45, 2.75) is 374 Å². The molecule has 0 saturated carbocycles. The average Bonchev–Trinajstić information content (AvgIpc) is 3.43. The first-order valence-electron chi connectivity index (χ1n) is 34.1. The first-order chi connectivity index (χ1) is 38.0. The van der Waals surface area contributed by atoms with E-state index in [1.54, 1.807) is 0 Å². The normalized spacial score (nSPS) is 12.3. The molecule has 6 heteroatoms. The molecule has 450 valence electrons. The van der Waals surface area contributed by atoms with Crippen molar-refractivity contribution >= 4 is 17.9 Å². The molecule has 0 radical (unpaired) electrons. The van der Waals surface area contributed by atoms with Crippen LogP contribution in [0.5, 0.6) is 0 Å². The molecule has 0 heterocycles. The maximum atomic E-state index is 12.9. The second-order valence-electron chi connectivity index (χ2n) is 23.1. The molecule has 0 aromatic carbocycles. The van der Waals surface area contributed by atoms with E-state index in [0.29, 0.717) is 19.3 Å². The standard InChI is InChI=1S/C71H130O6/c1-4-7-10-13-16-19-22-25-27-29-30-31-32-33-34-35-36-37-38-39-40-42-43-46-49-52-55-58-61-64-70(73)76-67-68(66-75-69(72)63-60-57-54-51-48-45-24-21-18-15-12-9-6-3)77-71(74)65-62-59-56-53-50-47-44-41-28-26-23-20-17-14-11-8-5-2/h21-22,24-26,28-30,68H,4-20,23,27,31-67H2,1-3H3/b24-21-,25-22-,28-26-,30-29-. The van der Waals surface area contributed by atoms with Crippen LogP contribution in [0.4, 0.5) is 0 Å². The largest absolute Gasteiger partial charge is 0.462 e. The molecular weight excluding hydrogens is 949 g/mol. The smallest absolute Gasteiger partial charge is 0.306 e. The first-order valence-corrected chi connectivity index (χ1v) is 34.1. The van der Waals surface area contributed by atoms with Crippen LogP contribution < -0.4 is 0 Å². The first kappa shape index (κ1) is 74.4. The molecule has 0 bridgehead atoms. The van der Waals surface area contributed by atoms with E-state index >= 15 is 0 Å². The second kappa shape index (κ2) is 65.9. The Morgan fingerprint density at radius 3 is 0.740 bits per heavy atom. The predicted molar refractivity (Wildman–Crippen MR) is 335 cm³/mol. The number of esters is 3. The molecule has 0 rings (SSSR count). The average molecular weight is 1080 g/mol. The SMILES string of the molecule is CCCCCC/C=C\CCCCCCCC(=O)OCC(COC(=O)CCCCCCCCCCCCCCCCCCC/C=C\C/C=C\CCCCCCC)OC(=O)CCCCCCCCC/C=C\CCCCCCCC. The molecule has 0 fully saturated rings. The van der Waals surface area contributed by atoms with Gasteiger partial charge < -0.3 is 14.2 Å². The van der Waals surface area contributed by atoms with Gasteiger partial charge in [0.05, 0.1) is 0 Å². The van der Waals surface area contributed by atoms with Crippen LogP contribution in [0, 0.1) is 0 Å². The minimum absolute atomic E-state index is 0.0738. The number of ether oxygens (including phenoxy) is 3. The van der Waals surface area contributed by atoms with E-state index in [0.717, 1.165) is 70.6 Å². The number of unbranched alkanes of at least 4 members (excludes halogenated alkanes) is 44. The van der Waals surface area contributed by atoms with Gasteiger partial charge in [-0.2, -0.15) is 0 Å². The Morgan fingerprint density at radius 1 is 0.260 bits per heavy atom. The van der Waals surface area contributed by atoms with E-state index in [2.05, 4.69) is 69.4 Å². The molecule has 0 N–H and O–H groups in total. The molecule has 0 saturated heterocycles. The summed E-state index contributed by atoms with van der Waals surface area (Å²) in [6.07, 6.45) is 82.8. The van der Waals surface area contributed by atoms with E-state index in [1.807, 2.05) is 0 Å². The van der Waals surface area contributed by atoms with Gasteiger partial charge in [0.1, 0.15) is 13.2 Å². The Labute approximate surface area is 479 Å². The van der Waals surface area contributed by atoms with E-state index in [4.69, 9.17) is 14.2 Å². The number of rotatable bonds is 63. The van der Waals surface area contributed by atoms with Gasteiger partial charge >= 0.3 is 17.9 Å². The fourth-order valence-corrected chi connectivity index (χ4v) is 10.1. The maximum absolute atomic E-state index is 12.9. The quantitative estimate of drug-likeness (QED) is 0.0261. The fourth-order valence-electron chi connectivity index (χ4n) is 10.1. The number of carbonyl (C=O) groups excluding carboxylic acids is 3. The Bertz CT molecular complexity index is 1330. The third kappa shape index (κ3) is 64.1. The lowest BCUT2D eigenvalue weighted by atomic mass is 10.0. The lowest BCUT2D eigenvalue weighted by molar-refractivity contribution is -0.167. The van der Waals surface area contributed by atoms with Gasteiger partial charge in [0.25, 0.3) is 0 Å². The molecule has 0 aliphatic carbocycles. The van der Waals surface area contributed by atoms with Gasteiger partial charge in [0.2, 0.25) is 0 Å². The van der Waals surface area contributed by atoms with Crippen molar-refractivity contribution < 1.29 is 28.6 Å². The summed E-state index contributed by atoms with van der Waals surface area (Å²) in [6.45, 7) is 6.65. The summed E-state index contributed by atoms with van der Waals surface area (Å²) < 4.78 is 16.9. The van der Waals surface area contributed by atoms with Crippen LogP contribution in [-0.2, 0) is 28.6 Å². The predicted octanol–water partition coefficient (Wildman–Crippen LogP) is 23.3. The van der Waals surface area contributed by atoms with Crippen LogP contribution in [-0.4, -0.2) is 37.2 Å². The Hall–Kier alpha value is -2.63. The molecular formula is C71H130O6. The van der Waals surface area contributed by atoms with Gasteiger partial charge in [0, 0.05) is 19.3 Å². The van der Waals surface area contributed by atoms with Crippen LogP contribution in [0.15, 0.2) is 48.6 Å². The summed E-state index contributed by atoms with van der Waals surface area (Å²) in [5, 5.41) is 0. The Morgan fingerprint density at radius 2 is 0.468 bits per heavy atom. The van der Waals surface area contributed by atoms with Gasteiger partial charge in [-0.05, 0) is 103 Å². The minimum Gasteiger partial charge on any atom is -0.462 e. The zero-order valence-electron chi connectivity index (χ0n) is 51.7. The van der Waals surface area contributed by atoms with Crippen molar-refractivity contribution in [3.8, 4) is 0 Å². The van der Waals surface area contributed by atoms with E-state index in [1.165, 1.54) is 257 Å². The lowest BCUT2D eigenvalue weighted by Gasteiger charge is -2.18. The van der Waals surface area contributed by atoms with Gasteiger partial charge in [0.15, 0.2) is 6.10 Å². The van der Waals surface area contributed by atoms with Gasteiger partial charge in [-0.15, -0.1) is 0 Å². The summed E-state index contributed by atoms with van der Waals surface area (Å²) in [6, 6.07) is 0. The van der Waals surface area contributed by atoms with Crippen molar-refractivity contribution in [2.24, 2.45) is 0 Å². The number of hydrogen-bond acceptors (Lipinski definition) is 6. The highest BCUT2D eigenvalue weighted by Crippen LogP contribution is 2.17. The Balaban J connectivity index is 4.19. The maximum Gasteiger partial charge on any atom is 0.306 e. The monoisotopic (exact) mass is 1080 g/mol. The minimum atomic E-state index is -0.778. The molecule has 0 aromatic rings. The van der Waals surface area contributed by atoms with Crippen LogP contribution >= 0.6 is 0 Å². The third-order valence-electron chi connectivity index (χ3n) is 15.3.